The fourth-order valence-electron chi connectivity index (χ4n) is 2.19. The Balaban J connectivity index is 1.81. The molecule has 0 unspecified atom stereocenters. The number of nitrogens with one attached hydrogen (secondary N) is 2. The van der Waals surface area contributed by atoms with Gasteiger partial charge < -0.3 is 10.6 Å². The third-order valence-corrected chi connectivity index (χ3v) is 4.01. The molecule has 1 aromatic carbocycles. The van der Waals surface area contributed by atoms with Gasteiger partial charge in [0.15, 0.2) is 5.96 Å². The number of rotatable bonds is 7. The molecular formula is C18H22BrFN4. The lowest BCUT2D eigenvalue weighted by Gasteiger charge is -2.11. The fraction of sp³-hybridized carbons (Fsp3) is 0.333. The van der Waals surface area contributed by atoms with Crippen molar-refractivity contribution in [2.24, 2.45) is 4.99 Å². The lowest BCUT2D eigenvalue weighted by atomic mass is 10.1. The summed E-state index contributed by atoms with van der Waals surface area (Å²) in [6.45, 7) is 4.24. The minimum Gasteiger partial charge on any atom is -0.357 e. The van der Waals surface area contributed by atoms with Crippen molar-refractivity contribution in [2.45, 2.75) is 19.8 Å². The van der Waals surface area contributed by atoms with Gasteiger partial charge in [-0.05, 0) is 59.1 Å². The first-order chi connectivity index (χ1) is 11.7. The quantitative estimate of drug-likeness (QED) is 0.561. The van der Waals surface area contributed by atoms with Crippen LogP contribution in [-0.4, -0.2) is 30.6 Å². The largest absolute Gasteiger partial charge is 0.357 e. The summed E-state index contributed by atoms with van der Waals surface area (Å²) in [6.07, 6.45) is 3.40. The number of halogens is 2. The van der Waals surface area contributed by atoms with E-state index in [4.69, 9.17) is 0 Å². The van der Waals surface area contributed by atoms with Crippen LogP contribution in [0.4, 0.5) is 4.39 Å². The smallest absolute Gasteiger partial charge is 0.191 e. The van der Waals surface area contributed by atoms with E-state index in [1.54, 1.807) is 12.3 Å². The molecule has 6 heteroatoms. The van der Waals surface area contributed by atoms with E-state index in [0.29, 0.717) is 11.0 Å². The summed E-state index contributed by atoms with van der Waals surface area (Å²) in [5.41, 5.74) is 2.10. The van der Waals surface area contributed by atoms with Crippen LogP contribution < -0.4 is 10.6 Å². The molecule has 1 heterocycles. The fourth-order valence-corrected chi connectivity index (χ4v) is 2.62. The van der Waals surface area contributed by atoms with E-state index in [1.165, 1.54) is 6.07 Å². The summed E-state index contributed by atoms with van der Waals surface area (Å²) < 4.78 is 13.7. The highest BCUT2D eigenvalue weighted by molar-refractivity contribution is 9.10. The van der Waals surface area contributed by atoms with Gasteiger partial charge in [-0.1, -0.05) is 12.1 Å². The first kappa shape index (κ1) is 18.4. The van der Waals surface area contributed by atoms with Crippen molar-refractivity contribution in [3.05, 3.63) is 64.1 Å². The van der Waals surface area contributed by atoms with Gasteiger partial charge in [0, 0.05) is 37.9 Å². The summed E-state index contributed by atoms with van der Waals surface area (Å²) in [7, 11) is 0. The van der Waals surface area contributed by atoms with E-state index in [1.807, 2.05) is 31.2 Å². The number of nitrogens with zero attached hydrogens (tertiary/aromatic N) is 2. The second-order valence-electron chi connectivity index (χ2n) is 5.26. The molecular weight excluding hydrogens is 371 g/mol. The van der Waals surface area contributed by atoms with Crippen molar-refractivity contribution in [3.63, 3.8) is 0 Å². The molecule has 0 spiro atoms. The number of guanidine groups is 1. The van der Waals surface area contributed by atoms with E-state index >= 15 is 0 Å². The molecule has 0 aliphatic carbocycles. The Morgan fingerprint density at radius 2 is 2.08 bits per heavy atom. The molecule has 1 aromatic heterocycles. The average molecular weight is 393 g/mol. The van der Waals surface area contributed by atoms with Crippen molar-refractivity contribution in [3.8, 4) is 0 Å². The molecule has 0 saturated carbocycles. The Labute approximate surface area is 150 Å². The van der Waals surface area contributed by atoms with Gasteiger partial charge in [-0.2, -0.15) is 0 Å². The number of pyridine rings is 1. The normalized spacial score (nSPS) is 11.4. The Morgan fingerprint density at radius 3 is 2.79 bits per heavy atom. The van der Waals surface area contributed by atoms with Gasteiger partial charge in [-0.3, -0.25) is 9.98 Å². The van der Waals surface area contributed by atoms with Crippen LogP contribution in [0.2, 0.25) is 0 Å². The minimum atomic E-state index is -0.240. The highest BCUT2D eigenvalue weighted by Gasteiger charge is 2.02. The van der Waals surface area contributed by atoms with Gasteiger partial charge in [0.05, 0.1) is 4.47 Å². The zero-order valence-electron chi connectivity index (χ0n) is 13.7. The van der Waals surface area contributed by atoms with Gasteiger partial charge in [0.2, 0.25) is 0 Å². The van der Waals surface area contributed by atoms with Crippen molar-refractivity contribution in [2.75, 3.05) is 19.6 Å². The molecule has 2 N–H and O–H groups in total. The first-order valence-electron chi connectivity index (χ1n) is 8.05. The van der Waals surface area contributed by atoms with E-state index in [-0.39, 0.29) is 5.82 Å². The standard InChI is InChI=1S/C18H22BrFN4/c1-2-21-18(24-12-9-15-5-3-4-10-22-15)23-11-8-14-6-7-17(20)16(19)13-14/h3-7,10,13H,2,8-9,11-12H2,1H3,(H2,21,23,24). The molecule has 0 saturated heterocycles. The monoisotopic (exact) mass is 392 g/mol. The van der Waals surface area contributed by atoms with Gasteiger partial charge in [-0.25, -0.2) is 4.39 Å². The molecule has 24 heavy (non-hydrogen) atoms. The average Bonchev–Trinajstić information content (AvgIpc) is 2.59. The third-order valence-electron chi connectivity index (χ3n) is 3.40. The maximum Gasteiger partial charge on any atom is 0.191 e. The lowest BCUT2D eigenvalue weighted by Crippen LogP contribution is -2.38. The van der Waals surface area contributed by atoms with E-state index in [9.17, 15) is 4.39 Å². The number of aromatic nitrogens is 1. The van der Waals surface area contributed by atoms with Crippen LogP contribution in [0, 0.1) is 5.82 Å². The molecule has 128 valence electrons. The molecule has 2 aromatic rings. The molecule has 0 bridgehead atoms. The Bertz CT molecular complexity index is 661. The van der Waals surface area contributed by atoms with Gasteiger partial charge in [0.25, 0.3) is 0 Å². The lowest BCUT2D eigenvalue weighted by molar-refractivity contribution is 0.620. The van der Waals surface area contributed by atoms with Crippen LogP contribution >= 0.6 is 15.9 Å². The second-order valence-corrected chi connectivity index (χ2v) is 6.11. The first-order valence-corrected chi connectivity index (χ1v) is 8.84. The van der Waals surface area contributed by atoms with Crippen molar-refractivity contribution < 1.29 is 4.39 Å². The van der Waals surface area contributed by atoms with Crippen molar-refractivity contribution >= 4 is 21.9 Å². The summed E-state index contributed by atoms with van der Waals surface area (Å²) in [5, 5.41) is 6.52. The second kappa shape index (κ2) is 10.0. The minimum absolute atomic E-state index is 0.240. The zero-order chi connectivity index (χ0) is 17.2. The molecule has 0 atom stereocenters. The van der Waals surface area contributed by atoms with Crippen molar-refractivity contribution in [1.29, 1.82) is 0 Å². The molecule has 0 aliphatic heterocycles. The Hall–Kier alpha value is -1.95. The van der Waals surface area contributed by atoms with Crippen LogP contribution in [0.3, 0.4) is 0 Å². The van der Waals surface area contributed by atoms with E-state index in [0.717, 1.165) is 43.1 Å². The van der Waals surface area contributed by atoms with Gasteiger partial charge in [0.1, 0.15) is 5.82 Å². The Morgan fingerprint density at radius 1 is 1.21 bits per heavy atom. The Kier molecular flexibility index (Phi) is 7.68. The molecule has 4 nitrogen and oxygen atoms in total. The summed E-state index contributed by atoms with van der Waals surface area (Å²) in [5.74, 6) is 0.547. The van der Waals surface area contributed by atoms with Gasteiger partial charge in [-0.15, -0.1) is 0 Å². The summed E-state index contributed by atoms with van der Waals surface area (Å²) in [4.78, 5) is 8.85. The van der Waals surface area contributed by atoms with E-state index in [2.05, 4.69) is 36.5 Å². The van der Waals surface area contributed by atoms with E-state index < -0.39 is 0 Å². The predicted molar refractivity (Wildman–Crippen MR) is 99.7 cm³/mol. The number of aliphatic imine (C=N–C) groups is 1. The molecule has 0 fully saturated rings. The number of hydrogen-bond donors (Lipinski definition) is 2. The van der Waals surface area contributed by atoms with Crippen LogP contribution in [0.25, 0.3) is 0 Å². The molecule has 0 radical (unpaired) electrons. The van der Waals surface area contributed by atoms with Gasteiger partial charge >= 0.3 is 0 Å². The predicted octanol–water partition coefficient (Wildman–Crippen LogP) is 3.32. The highest BCUT2D eigenvalue weighted by atomic mass is 79.9. The van der Waals surface area contributed by atoms with Crippen LogP contribution in [0.15, 0.2) is 52.1 Å². The molecule has 0 amide bonds. The van der Waals surface area contributed by atoms with Crippen LogP contribution in [-0.2, 0) is 12.8 Å². The summed E-state index contributed by atoms with van der Waals surface area (Å²) in [6, 6.07) is 11.0. The molecule has 2 rings (SSSR count). The summed E-state index contributed by atoms with van der Waals surface area (Å²) >= 11 is 3.21. The SMILES string of the molecule is CCNC(=NCCc1ccccn1)NCCc1ccc(F)c(Br)c1. The topological polar surface area (TPSA) is 49.3 Å². The third kappa shape index (κ3) is 6.28. The number of hydrogen-bond acceptors (Lipinski definition) is 2. The highest BCUT2D eigenvalue weighted by Crippen LogP contribution is 2.16. The van der Waals surface area contributed by atoms with Crippen molar-refractivity contribution in [1.82, 2.24) is 15.6 Å². The maximum atomic E-state index is 13.2. The van der Waals surface area contributed by atoms with Crippen LogP contribution in [0.5, 0.6) is 0 Å². The zero-order valence-corrected chi connectivity index (χ0v) is 15.3. The maximum absolute atomic E-state index is 13.2. The van der Waals surface area contributed by atoms with Crippen LogP contribution in [0.1, 0.15) is 18.2 Å². The molecule has 0 aliphatic rings. The number of benzene rings is 1.